The van der Waals surface area contributed by atoms with Crippen molar-refractivity contribution < 1.29 is 14.6 Å². The molecule has 0 radical (unpaired) electrons. The molecule has 1 aliphatic heterocycles. The first kappa shape index (κ1) is 18.4. The molecule has 0 aromatic carbocycles. The lowest BCUT2D eigenvalue weighted by atomic mass is 10.1. The van der Waals surface area contributed by atoms with E-state index in [1.54, 1.807) is 0 Å². The molecule has 118 valence electrons. The Morgan fingerprint density at radius 1 is 1.45 bits per heavy atom. The summed E-state index contributed by atoms with van der Waals surface area (Å²) in [5.41, 5.74) is 0.0954. The summed E-state index contributed by atoms with van der Waals surface area (Å²) in [6.45, 7) is 9.05. The molecule has 0 amide bonds. The number of esters is 1. The zero-order valence-corrected chi connectivity index (χ0v) is 15.7. The number of ether oxygens (including phenoxy) is 1. The Hall–Kier alpha value is 0.347. The van der Waals surface area contributed by atoms with Gasteiger partial charge in [0.25, 0.3) is 0 Å². The second-order valence-corrected chi connectivity index (χ2v) is 14.8. The van der Waals surface area contributed by atoms with Crippen molar-refractivity contribution in [1.29, 1.82) is 0 Å². The third-order valence-corrected chi connectivity index (χ3v) is 9.55. The summed E-state index contributed by atoms with van der Waals surface area (Å²) in [6, 6.07) is 0. The van der Waals surface area contributed by atoms with Gasteiger partial charge in [0.1, 0.15) is 0 Å². The summed E-state index contributed by atoms with van der Waals surface area (Å²) < 4.78 is 5.12. The highest BCUT2D eigenvalue weighted by atomic mass is 33.1. The van der Waals surface area contributed by atoms with E-state index in [0.29, 0.717) is 11.9 Å². The fourth-order valence-electron chi connectivity index (χ4n) is 2.45. The SMILES string of the molecule is CCCOC(=O)C(O)C(CCC1CCSS1)[Si](C)(C)C. The van der Waals surface area contributed by atoms with Crippen LogP contribution in [0.25, 0.3) is 0 Å². The molecule has 1 heterocycles. The summed E-state index contributed by atoms with van der Waals surface area (Å²) in [5.74, 6) is 0.807. The molecule has 3 nitrogen and oxygen atoms in total. The van der Waals surface area contributed by atoms with E-state index in [9.17, 15) is 9.90 Å². The van der Waals surface area contributed by atoms with E-state index in [1.165, 1.54) is 12.2 Å². The van der Waals surface area contributed by atoms with Crippen LogP contribution in [0.2, 0.25) is 25.2 Å². The average Bonchev–Trinajstić information content (AvgIpc) is 2.87. The van der Waals surface area contributed by atoms with Crippen molar-refractivity contribution in [2.45, 2.75) is 69.1 Å². The molecule has 0 aliphatic carbocycles. The van der Waals surface area contributed by atoms with Crippen LogP contribution in [0, 0.1) is 0 Å². The van der Waals surface area contributed by atoms with E-state index in [1.807, 2.05) is 28.5 Å². The first-order valence-corrected chi connectivity index (χ1v) is 13.4. The number of rotatable bonds is 8. The molecule has 1 rings (SSSR count). The fraction of sp³-hybridized carbons (Fsp3) is 0.929. The van der Waals surface area contributed by atoms with E-state index in [0.717, 1.165) is 19.3 Å². The average molecular weight is 337 g/mol. The van der Waals surface area contributed by atoms with E-state index < -0.39 is 20.1 Å². The molecular formula is C14H28O3S2Si. The van der Waals surface area contributed by atoms with E-state index >= 15 is 0 Å². The number of aliphatic hydroxyl groups is 1. The largest absolute Gasteiger partial charge is 0.464 e. The molecule has 0 bridgehead atoms. The highest BCUT2D eigenvalue weighted by Gasteiger charge is 2.37. The maximum Gasteiger partial charge on any atom is 0.334 e. The Morgan fingerprint density at radius 2 is 2.15 bits per heavy atom. The second-order valence-electron chi connectivity index (χ2n) is 6.49. The molecule has 0 aromatic rings. The third-order valence-electron chi connectivity index (χ3n) is 3.71. The Balaban J connectivity index is 2.56. The van der Waals surface area contributed by atoms with Gasteiger partial charge in [-0.25, -0.2) is 4.79 Å². The van der Waals surface area contributed by atoms with Gasteiger partial charge in [-0.2, -0.15) is 0 Å². The van der Waals surface area contributed by atoms with Gasteiger partial charge in [0.15, 0.2) is 6.10 Å². The van der Waals surface area contributed by atoms with Gasteiger partial charge in [0.2, 0.25) is 0 Å². The van der Waals surface area contributed by atoms with Gasteiger partial charge in [-0.15, -0.1) is 0 Å². The first-order chi connectivity index (χ1) is 9.36. The monoisotopic (exact) mass is 336 g/mol. The van der Waals surface area contributed by atoms with Gasteiger partial charge in [0, 0.05) is 11.0 Å². The van der Waals surface area contributed by atoms with Gasteiger partial charge >= 0.3 is 5.97 Å². The van der Waals surface area contributed by atoms with Crippen molar-refractivity contribution in [1.82, 2.24) is 0 Å². The predicted molar refractivity (Wildman–Crippen MR) is 92.0 cm³/mol. The standard InChI is InChI=1S/C14H28O3S2Si/c1-5-9-17-14(16)13(15)12(20(2,3)4)7-6-11-8-10-18-19-11/h11-13,15H,5-10H2,1-4H3. The van der Waals surface area contributed by atoms with Gasteiger partial charge in [0.05, 0.1) is 14.7 Å². The first-order valence-electron chi connectivity index (χ1n) is 7.49. The lowest BCUT2D eigenvalue weighted by Crippen LogP contribution is -2.41. The maximum atomic E-state index is 11.9. The zero-order valence-electron chi connectivity index (χ0n) is 13.1. The van der Waals surface area contributed by atoms with Crippen LogP contribution in [-0.2, 0) is 9.53 Å². The molecule has 6 heteroatoms. The molecule has 1 saturated heterocycles. The summed E-state index contributed by atoms with van der Waals surface area (Å²) in [4.78, 5) is 11.9. The minimum atomic E-state index is -1.59. The molecule has 3 unspecified atom stereocenters. The van der Waals surface area contributed by atoms with Crippen molar-refractivity contribution >= 4 is 35.6 Å². The smallest absolute Gasteiger partial charge is 0.334 e. The lowest BCUT2D eigenvalue weighted by Gasteiger charge is -2.32. The van der Waals surface area contributed by atoms with Crippen LogP contribution in [0.3, 0.4) is 0 Å². The summed E-state index contributed by atoms with van der Waals surface area (Å²) >= 11 is 0. The number of hydrogen-bond acceptors (Lipinski definition) is 5. The van der Waals surface area contributed by atoms with Crippen LogP contribution >= 0.6 is 21.6 Å². The summed E-state index contributed by atoms with van der Waals surface area (Å²) in [5, 5.41) is 11.1. The highest BCUT2D eigenvalue weighted by Crippen LogP contribution is 2.42. The molecule has 0 spiro atoms. The minimum absolute atomic E-state index is 0.0954. The van der Waals surface area contributed by atoms with Crippen LogP contribution in [-0.4, -0.2) is 42.9 Å². The van der Waals surface area contributed by atoms with E-state index in [-0.39, 0.29) is 5.54 Å². The van der Waals surface area contributed by atoms with Crippen LogP contribution in [0.15, 0.2) is 0 Å². The van der Waals surface area contributed by atoms with Gasteiger partial charge in [-0.3, -0.25) is 0 Å². The molecule has 1 N–H and O–H groups in total. The quantitative estimate of drug-likeness (QED) is 0.413. The number of aliphatic hydroxyl groups excluding tert-OH is 1. The second kappa shape index (κ2) is 8.71. The molecule has 0 aromatic heterocycles. The van der Waals surface area contributed by atoms with Crippen molar-refractivity contribution in [3.8, 4) is 0 Å². The zero-order chi connectivity index (χ0) is 15.2. The summed E-state index contributed by atoms with van der Waals surface area (Å²) in [6.07, 6.45) is 3.16. The molecule has 3 atom stereocenters. The van der Waals surface area contributed by atoms with Crippen LogP contribution in [0.4, 0.5) is 0 Å². The molecule has 0 saturated carbocycles. The Kier molecular flexibility index (Phi) is 8.01. The van der Waals surface area contributed by atoms with E-state index in [4.69, 9.17) is 4.74 Å². The summed E-state index contributed by atoms with van der Waals surface area (Å²) in [7, 11) is 2.31. The topological polar surface area (TPSA) is 46.5 Å². The molecule has 20 heavy (non-hydrogen) atoms. The lowest BCUT2D eigenvalue weighted by molar-refractivity contribution is -0.154. The Bertz CT molecular complexity index is 301. The maximum absolute atomic E-state index is 11.9. The van der Waals surface area contributed by atoms with Crippen molar-refractivity contribution in [2.24, 2.45) is 0 Å². The van der Waals surface area contributed by atoms with Crippen LogP contribution in [0.1, 0.15) is 32.6 Å². The van der Waals surface area contributed by atoms with Gasteiger partial charge in [-0.1, -0.05) is 48.2 Å². The third kappa shape index (κ3) is 5.99. The molecular weight excluding hydrogens is 308 g/mol. The van der Waals surface area contributed by atoms with Crippen LogP contribution < -0.4 is 0 Å². The van der Waals surface area contributed by atoms with E-state index in [2.05, 4.69) is 19.6 Å². The number of carbonyl (C=O) groups is 1. The molecule has 1 fully saturated rings. The number of carbonyl (C=O) groups excluding carboxylic acids is 1. The van der Waals surface area contributed by atoms with Gasteiger partial charge in [-0.05, 0) is 31.2 Å². The van der Waals surface area contributed by atoms with Crippen molar-refractivity contribution in [3.05, 3.63) is 0 Å². The fourth-order valence-corrected chi connectivity index (χ4v) is 7.56. The predicted octanol–water partition coefficient (Wildman–Crippen LogP) is 3.94. The Labute approximate surface area is 132 Å². The van der Waals surface area contributed by atoms with Gasteiger partial charge < -0.3 is 9.84 Å². The minimum Gasteiger partial charge on any atom is -0.464 e. The molecule has 1 aliphatic rings. The highest BCUT2D eigenvalue weighted by molar-refractivity contribution is 8.77. The number of hydrogen-bond donors (Lipinski definition) is 1. The van der Waals surface area contributed by atoms with Crippen LogP contribution in [0.5, 0.6) is 0 Å². The normalized spacial score (nSPS) is 22.6. The Morgan fingerprint density at radius 3 is 2.65 bits per heavy atom. The van der Waals surface area contributed by atoms with Crippen molar-refractivity contribution in [2.75, 3.05) is 12.4 Å². The van der Waals surface area contributed by atoms with Crippen molar-refractivity contribution in [3.63, 3.8) is 0 Å².